The van der Waals surface area contributed by atoms with Crippen LogP contribution in [-0.4, -0.2) is 20.9 Å². The van der Waals surface area contributed by atoms with E-state index in [4.69, 9.17) is 16.6 Å². The summed E-state index contributed by atoms with van der Waals surface area (Å²) in [6.07, 6.45) is 2.85. The Hall–Kier alpha value is -3.89. The van der Waals surface area contributed by atoms with Crippen molar-refractivity contribution in [2.24, 2.45) is 0 Å². The van der Waals surface area contributed by atoms with Crippen molar-refractivity contribution in [2.45, 2.75) is 0 Å². The molecule has 0 bridgehead atoms. The second-order valence-electron chi connectivity index (χ2n) is 6.27. The Balaban J connectivity index is 1.35. The molecule has 31 heavy (non-hydrogen) atoms. The summed E-state index contributed by atoms with van der Waals surface area (Å²) in [4.78, 5) is 26.8. The normalized spacial score (nSPS) is 11.0. The zero-order valence-electron chi connectivity index (χ0n) is 15.8. The van der Waals surface area contributed by atoms with E-state index in [1.54, 1.807) is 18.2 Å². The number of thiazole rings is 1. The van der Waals surface area contributed by atoms with Gasteiger partial charge in [-0.3, -0.25) is 20.2 Å². The highest BCUT2D eigenvalue weighted by Gasteiger charge is 2.11. The lowest BCUT2D eigenvalue weighted by Crippen LogP contribution is -2.32. The average Bonchev–Trinajstić information content (AvgIpc) is 3.38. The number of amides is 1. The number of carbonyl (C=O) groups is 1. The minimum atomic E-state index is -0.467. The SMILES string of the molecule is O=C(/C=C/c1ccc(-c2ccccc2)o1)NC(=S)Nc1nc2ccc([N+](=O)[O-])cc2s1. The fourth-order valence-electron chi connectivity index (χ4n) is 2.72. The molecule has 2 aromatic heterocycles. The van der Waals surface area contributed by atoms with E-state index in [9.17, 15) is 14.9 Å². The van der Waals surface area contributed by atoms with Gasteiger partial charge in [-0.2, -0.15) is 0 Å². The van der Waals surface area contributed by atoms with E-state index in [1.165, 1.54) is 29.5 Å². The van der Waals surface area contributed by atoms with Crippen LogP contribution in [-0.2, 0) is 4.79 Å². The zero-order valence-corrected chi connectivity index (χ0v) is 17.4. The van der Waals surface area contributed by atoms with E-state index in [2.05, 4.69) is 15.6 Å². The summed E-state index contributed by atoms with van der Waals surface area (Å²) in [6.45, 7) is 0. The predicted molar refractivity (Wildman–Crippen MR) is 124 cm³/mol. The number of nitro groups is 1. The number of non-ortho nitro benzene ring substituents is 1. The van der Waals surface area contributed by atoms with Crippen LogP contribution < -0.4 is 10.6 Å². The van der Waals surface area contributed by atoms with Gasteiger partial charge >= 0.3 is 0 Å². The third-order valence-corrected chi connectivity index (χ3v) is 5.26. The van der Waals surface area contributed by atoms with E-state index < -0.39 is 10.8 Å². The van der Waals surface area contributed by atoms with Gasteiger partial charge in [0.1, 0.15) is 11.5 Å². The third kappa shape index (κ3) is 5.00. The van der Waals surface area contributed by atoms with Gasteiger partial charge in [0, 0.05) is 23.8 Å². The van der Waals surface area contributed by atoms with Crippen LogP contribution in [0, 0.1) is 10.1 Å². The van der Waals surface area contributed by atoms with Crippen molar-refractivity contribution in [3.63, 3.8) is 0 Å². The highest BCUT2D eigenvalue weighted by atomic mass is 32.1. The minimum absolute atomic E-state index is 0.0166. The number of carbonyl (C=O) groups excluding carboxylic acids is 1. The lowest BCUT2D eigenvalue weighted by atomic mass is 10.2. The van der Waals surface area contributed by atoms with Crippen LogP contribution in [0.5, 0.6) is 0 Å². The van der Waals surface area contributed by atoms with E-state index in [0.717, 1.165) is 5.56 Å². The van der Waals surface area contributed by atoms with Crippen LogP contribution in [0.2, 0.25) is 0 Å². The first-order valence-corrected chi connectivity index (χ1v) is 10.2. The Morgan fingerprint density at radius 3 is 2.74 bits per heavy atom. The Bertz CT molecular complexity index is 1310. The molecule has 0 radical (unpaired) electrons. The summed E-state index contributed by atoms with van der Waals surface area (Å²) in [5.41, 5.74) is 1.52. The summed E-state index contributed by atoms with van der Waals surface area (Å²) in [7, 11) is 0. The summed E-state index contributed by atoms with van der Waals surface area (Å²) >= 11 is 6.34. The summed E-state index contributed by atoms with van der Waals surface area (Å²) < 4.78 is 6.35. The molecule has 0 spiro atoms. The van der Waals surface area contributed by atoms with Crippen molar-refractivity contribution in [3.8, 4) is 11.3 Å². The molecule has 2 aromatic carbocycles. The molecule has 0 saturated heterocycles. The van der Waals surface area contributed by atoms with Crippen LogP contribution in [0.4, 0.5) is 10.8 Å². The maximum absolute atomic E-state index is 12.1. The molecule has 0 aliphatic rings. The van der Waals surface area contributed by atoms with Crippen LogP contribution in [0.3, 0.4) is 0 Å². The van der Waals surface area contributed by atoms with Crippen molar-refractivity contribution in [1.29, 1.82) is 0 Å². The Morgan fingerprint density at radius 2 is 1.97 bits per heavy atom. The summed E-state index contributed by atoms with van der Waals surface area (Å²) in [6, 6.07) is 17.6. The maximum Gasteiger partial charge on any atom is 0.270 e. The van der Waals surface area contributed by atoms with E-state index in [0.29, 0.717) is 26.9 Å². The summed E-state index contributed by atoms with van der Waals surface area (Å²) in [5, 5.41) is 16.7. The molecule has 0 atom stereocenters. The second kappa shape index (κ2) is 8.86. The van der Waals surface area contributed by atoms with Gasteiger partial charge in [0.05, 0.1) is 15.1 Å². The number of rotatable bonds is 5. The number of furan rings is 1. The molecule has 0 aliphatic heterocycles. The minimum Gasteiger partial charge on any atom is -0.457 e. The number of aromatic nitrogens is 1. The van der Waals surface area contributed by atoms with Gasteiger partial charge in [-0.05, 0) is 36.5 Å². The van der Waals surface area contributed by atoms with Crippen molar-refractivity contribution in [2.75, 3.05) is 5.32 Å². The molecule has 0 aliphatic carbocycles. The van der Waals surface area contributed by atoms with E-state index in [-0.39, 0.29) is 10.8 Å². The fraction of sp³-hybridized carbons (Fsp3) is 0. The van der Waals surface area contributed by atoms with Crippen molar-refractivity contribution < 1.29 is 14.1 Å². The largest absolute Gasteiger partial charge is 0.457 e. The Morgan fingerprint density at radius 1 is 1.16 bits per heavy atom. The number of nitro benzene ring substituents is 1. The topological polar surface area (TPSA) is 110 Å². The van der Waals surface area contributed by atoms with Crippen molar-refractivity contribution in [3.05, 3.63) is 82.6 Å². The Kier molecular flexibility index (Phi) is 5.83. The predicted octanol–water partition coefficient (Wildman–Crippen LogP) is 4.99. The number of hydrogen-bond acceptors (Lipinski definition) is 7. The molecule has 1 amide bonds. The number of thiocarbonyl (C=S) groups is 1. The van der Waals surface area contributed by atoms with Gasteiger partial charge in [-0.1, -0.05) is 41.7 Å². The molecule has 4 aromatic rings. The molecule has 0 saturated carbocycles. The molecule has 0 fully saturated rings. The smallest absolute Gasteiger partial charge is 0.270 e. The van der Waals surface area contributed by atoms with Crippen LogP contribution >= 0.6 is 23.6 Å². The van der Waals surface area contributed by atoms with Gasteiger partial charge in [0.15, 0.2) is 10.2 Å². The molecule has 2 heterocycles. The number of fused-ring (bicyclic) bond motifs is 1. The second-order valence-corrected chi connectivity index (χ2v) is 7.71. The monoisotopic (exact) mass is 450 g/mol. The van der Waals surface area contributed by atoms with Gasteiger partial charge in [0.25, 0.3) is 5.69 Å². The first kappa shape index (κ1) is 20.4. The Labute approximate surface area is 185 Å². The molecule has 4 rings (SSSR count). The first-order chi connectivity index (χ1) is 15.0. The molecule has 10 heteroatoms. The fourth-order valence-corrected chi connectivity index (χ4v) is 3.89. The average molecular weight is 451 g/mol. The van der Waals surface area contributed by atoms with E-state index in [1.807, 2.05) is 36.4 Å². The number of nitrogens with one attached hydrogen (secondary N) is 2. The van der Waals surface area contributed by atoms with Crippen LogP contribution in [0.1, 0.15) is 5.76 Å². The van der Waals surface area contributed by atoms with Gasteiger partial charge in [0.2, 0.25) is 5.91 Å². The lowest BCUT2D eigenvalue weighted by Gasteiger charge is -2.04. The van der Waals surface area contributed by atoms with Gasteiger partial charge in [-0.25, -0.2) is 4.98 Å². The molecule has 8 nitrogen and oxygen atoms in total. The highest BCUT2D eigenvalue weighted by Crippen LogP contribution is 2.29. The number of benzene rings is 2. The standard InChI is InChI=1S/C21H14N4O4S2/c26-19(11-8-15-7-10-17(29-15)13-4-2-1-3-5-13)23-20(30)24-21-22-16-9-6-14(25(27)28)12-18(16)31-21/h1-12H,(H2,22,23,24,26,30)/b11-8+. The molecular formula is C21H14N4O4S2. The van der Waals surface area contributed by atoms with Crippen LogP contribution in [0.25, 0.3) is 27.6 Å². The lowest BCUT2D eigenvalue weighted by molar-refractivity contribution is -0.384. The summed E-state index contributed by atoms with van der Waals surface area (Å²) in [5.74, 6) is 0.793. The van der Waals surface area contributed by atoms with Crippen LogP contribution in [0.15, 0.2) is 71.2 Å². The maximum atomic E-state index is 12.1. The van der Waals surface area contributed by atoms with Crippen molar-refractivity contribution >= 4 is 61.7 Å². The highest BCUT2D eigenvalue weighted by molar-refractivity contribution is 7.80. The molecule has 2 N–H and O–H groups in total. The number of hydrogen-bond donors (Lipinski definition) is 2. The quantitative estimate of drug-likeness (QED) is 0.191. The zero-order chi connectivity index (χ0) is 21.8. The van der Waals surface area contributed by atoms with Gasteiger partial charge in [-0.15, -0.1) is 0 Å². The number of nitrogens with zero attached hydrogens (tertiary/aromatic N) is 2. The molecular weight excluding hydrogens is 436 g/mol. The first-order valence-electron chi connectivity index (χ1n) is 8.98. The number of anilines is 1. The van der Waals surface area contributed by atoms with E-state index >= 15 is 0 Å². The van der Waals surface area contributed by atoms with Gasteiger partial charge < -0.3 is 9.73 Å². The molecule has 154 valence electrons. The van der Waals surface area contributed by atoms with Crippen molar-refractivity contribution in [1.82, 2.24) is 10.3 Å². The molecule has 0 unspecified atom stereocenters. The third-order valence-electron chi connectivity index (χ3n) is 4.12.